The second-order valence-corrected chi connectivity index (χ2v) is 9.41. The van der Waals surface area contributed by atoms with Gasteiger partial charge in [-0.2, -0.15) is 5.26 Å². The van der Waals surface area contributed by atoms with Crippen LogP contribution in [0, 0.1) is 23.0 Å². The topological polar surface area (TPSA) is 87.1 Å². The van der Waals surface area contributed by atoms with Crippen LogP contribution in [-0.4, -0.2) is 86.1 Å². The number of hydrogen-bond acceptors (Lipinski definition) is 7. The lowest BCUT2D eigenvalue weighted by atomic mass is 10.1. The fraction of sp³-hybridized carbons (Fsp3) is 0.652. The molecule has 2 aliphatic rings. The van der Waals surface area contributed by atoms with Gasteiger partial charge in [0.25, 0.3) is 0 Å². The number of alkyl carbamates (subject to hydrolysis) is 1. The Labute approximate surface area is 193 Å². The number of nitriles is 1. The second kappa shape index (κ2) is 11.1. The molecule has 2 atom stereocenters. The van der Waals surface area contributed by atoms with Crippen LogP contribution in [0.4, 0.5) is 13.6 Å². The molecule has 1 N–H and O–H groups in total. The van der Waals surface area contributed by atoms with Gasteiger partial charge in [-0.3, -0.25) is 9.80 Å². The van der Waals surface area contributed by atoms with Crippen LogP contribution in [0.25, 0.3) is 0 Å². The number of benzene rings is 1. The number of carbonyl (C=O) groups is 1. The molecule has 0 radical (unpaired) electrons. The summed E-state index contributed by atoms with van der Waals surface area (Å²) in [7, 11) is 0. The predicted octanol–water partition coefficient (Wildman–Crippen LogP) is 2.52. The SMILES string of the molecule is CC(C)(C)OC(=O)NCCN1CC2CN(CCCOc3c(F)cc(C#N)cc3F)CC(C1)O2. The average molecular weight is 467 g/mol. The number of carbonyl (C=O) groups excluding carboxylic acids is 1. The van der Waals surface area contributed by atoms with E-state index in [-0.39, 0.29) is 24.4 Å². The first-order valence-electron chi connectivity index (χ1n) is 11.2. The molecule has 1 aromatic rings. The van der Waals surface area contributed by atoms with Gasteiger partial charge in [-0.05, 0) is 39.3 Å². The Morgan fingerprint density at radius 2 is 1.73 bits per heavy atom. The fourth-order valence-electron chi connectivity index (χ4n) is 4.08. The summed E-state index contributed by atoms with van der Waals surface area (Å²) in [6.07, 6.45) is 0.355. The molecule has 1 amide bonds. The van der Waals surface area contributed by atoms with Crippen molar-refractivity contribution in [2.75, 3.05) is 52.4 Å². The van der Waals surface area contributed by atoms with E-state index in [4.69, 9.17) is 19.5 Å². The highest BCUT2D eigenvalue weighted by Gasteiger charge is 2.34. The van der Waals surface area contributed by atoms with E-state index in [9.17, 15) is 13.6 Å². The lowest BCUT2D eigenvalue weighted by Crippen LogP contribution is -2.60. The van der Waals surface area contributed by atoms with E-state index in [1.807, 2.05) is 20.8 Å². The van der Waals surface area contributed by atoms with Gasteiger partial charge >= 0.3 is 6.09 Å². The van der Waals surface area contributed by atoms with Crippen molar-refractivity contribution in [3.8, 4) is 11.8 Å². The van der Waals surface area contributed by atoms with E-state index in [0.717, 1.165) is 51.4 Å². The molecular weight excluding hydrogens is 434 g/mol. The number of amides is 1. The molecule has 3 rings (SSSR count). The lowest BCUT2D eigenvalue weighted by molar-refractivity contribution is -0.138. The largest absolute Gasteiger partial charge is 0.488 e. The maximum atomic E-state index is 13.9. The molecular formula is C23H32F2N4O4. The second-order valence-electron chi connectivity index (χ2n) is 9.41. The number of fused-ring (bicyclic) bond motifs is 2. The molecule has 182 valence electrons. The average Bonchev–Trinajstić information content (AvgIpc) is 2.70. The van der Waals surface area contributed by atoms with E-state index in [0.29, 0.717) is 13.0 Å². The summed E-state index contributed by atoms with van der Waals surface area (Å²) in [6.45, 7) is 10.7. The van der Waals surface area contributed by atoms with E-state index in [1.54, 1.807) is 6.07 Å². The number of nitrogens with one attached hydrogen (secondary N) is 1. The minimum Gasteiger partial charge on any atom is -0.488 e. The van der Waals surface area contributed by atoms with Gasteiger partial charge in [-0.25, -0.2) is 13.6 Å². The molecule has 1 aromatic carbocycles. The molecule has 2 fully saturated rings. The first kappa shape index (κ1) is 25.1. The molecule has 2 aliphatic heterocycles. The Hall–Kier alpha value is -2.48. The van der Waals surface area contributed by atoms with E-state index >= 15 is 0 Å². The molecule has 2 bridgehead atoms. The van der Waals surface area contributed by atoms with Crippen molar-refractivity contribution in [2.45, 2.75) is 45.0 Å². The number of nitrogens with zero attached hydrogens (tertiary/aromatic N) is 3. The van der Waals surface area contributed by atoms with Crippen LogP contribution in [0.3, 0.4) is 0 Å². The van der Waals surface area contributed by atoms with Gasteiger partial charge in [0.1, 0.15) is 5.60 Å². The summed E-state index contributed by atoms with van der Waals surface area (Å²) in [5.41, 5.74) is -0.592. The summed E-state index contributed by atoms with van der Waals surface area (Å²) in [5, 5.41) is 11.5. The van der Waals surface area contributed by atoms with Gasteiger partial charge in [0.05, 0.1) is 30.4 Å². The molecule has 0 aromatic heterocycles. The molecule has 0 spiro atoms. The van der Waals surface area contributed by atoms with Crippen LogP contribution in [0.5, 0.6) is 5.75 Å². The predicted molar refractivity (Wildman–Crippen MR) is 117 cm³/mol. The van der Waals surface area contributed by atoms with Crippen molar-refractivity contribution in [1.29, 1.82) is 5.26 Å². The van der Waals surface area contributed by atoms with E-state index < -0.39 is 29.1 Å². The molecule has 0 saturated carbocycles. The molecule has 2 heterocycles. The number of hydrogen-bond donors (Lipinski definition) is 1. The van der Waals surface area contributed by atoms with Crippen molar-refractivity contribution in [1.82, 2.24) is 15.1 Å². The number of ether oxygens (including phenoxy) is 3. The smallest absolute Gasteiger partial charge is 0.407 e. The first-order valence-corrected chi connectivity index (χ1v) is 11.2. The van der Waals surface area contributed by atoms with Crippen LogP contribution >= 0.6 is 0 Å². The summed E-state index contributed by atoms with van der Waals surface area (Å²) in [4.78, 5) is 16.3. The highest BCUT2D eigenvalue weighted by Crippen LogP contribution is 2.24. The van der Waals surface area contributed by atoms with Gasteiger partial charge in [-0.15, -0.1) is 0 Å². The normalized spacial score (nSPS) is 21.3. The Balaban J connectivity index is 1.35. The molecule has 2 saturated heterocycles. The standard InChI is InChI=1S/C23H32F2N4O4/c1-23(2,3)33-22(30)27-5-7-29-14-17-12-28(13-18(15-29)32-17)6-4-8-31-21-19(24)9-16(11-26)10-20(21)25/h9-10,17-18H,4-8,12-15H2,1-3H3,(H,27,30). The van der Waals surface area contributed by atoms with Crippen LogP contribution in [0.2, 0.25) is 0 Å². The highest BCUT2D eigenvalue weighted by atomic mass is 19.1. The van der Waals surface area contributed by atoms with Crippen molar-refractivity contribution in [2.24, 2.45) is 0 Å². The number of morpholine rings is 2. The minimum atomic E-state index is -0.867. The monoisotopic (exact) mass is 466 g/mol. The van der Waals surface area contributed by atoms with Gasteiger partial charge in [0, 0.05) is 45.8 Å². The van der Waals surface area contributed by atoms with E-state index in [2.05, 4.69) is 15.1 Å². The first-order chi connectivity index (χ1) is 15.6. The van der Waals surface area contributed by atoms with Crippen LogP contribution in [0.1, 0.15) is 32.8 Å². The van der Waals surface area contributed by atoms with Gasteiger partial charge in [-0.1, -0.05) is 0 Å². The number of halogens is 2. The Kier molecular flexibility index (Phi) is 8.46. The molecule has 33 heavy (non-hydrogen) atoms. The quantitative estimate of drug-likeness (QED) is 0.589. The summed E-state index contributed by atoms with van der Waals surface area (Å²) in [5.74, 6) is -2.18. The molecule has 0 aliphatic carbocycles. The van der Waals surface area contributed by atoms with Crippen molar-refractivity contribution in [3.63, 3.8) is 0 Å². The highest BCUT2D eigenvalue weighted by molar-refractivity contribution is 5.67. The zero-order valence-corrected chi connectivity index (χ0v) is 19.4. The third-order valence-electron chi connectivity index (χ3n) is 5.32. The fourth-order valence-corrected chi connectivity index (χ4v) is 4.08. The van der Waals surface area contributed by atoms with Crippen molar-refractivity contribution in [3.05, 3.63) is 29.3 Å². The Morgan fingerprint density at radius 3 is 2.27 bits per heavy atom. The van der Waals surface area contributed by atoms with Crippen LogP contribution < -0.4 is 10.1 Å². The summed E-state index contributed by atoms with van der Waals surface area (Å²) < 4.78 is 44.4. The van der Waals surface area contributed by atoms with E-state index in [1.165, 1.54) is 0 Å². The zero-order valence-electron chi connectivity index (χ0n) is 19.4. The van der Waals surface area contributed by atoms with Crippen LogP contribution in [-0.2, 0) is 9.47 Å². The Bertz CT molecular complexity index is 834. The third kappa shape index (κ3) is 7.81. The Morgan fingerprint density at radius 1 is 1.15 bits per heavy atom. The molecule has 10 heteroatoms. The molecule has 8 nitrogen and oxygen atoms in total. The zero-order chi connectivity index (χ0) is 24.0. The van der Waals surface area contributed by atoms with Gasteiger partial charge in [0.2, 0.25) is 0 Å². The van der Waals surface area contributed by atoms with Crippen LogP contribution in [0.15, 0.2) is 12.1 Å². The lowest BCUT2D eigenvalue weighted by Gasteiger charge is -2.45. The maximum absolute atomic E-state index is 13.9. The number of rotatable bonds is 8. The van der Waals surface area contributed by atoms with Crippen molar-refractivity contribution >= 4 is 6.09 Å². The summed E-state index contributed by atoms with van der Waals surface area (Å²) in [6, 6.07) is 3.65. The maximum Gasteiger partial charge on any atom is 0.407 e. The minimum absolute atomic E-state index is 0.0770. The third-order valence-corrected chi connectivity index (χ3v) is 5.32. The van der Waals surface area contributed by atoms with Crippen molar-refractivity contribution < 1.29 is 27.8 Å². The molecule has 2 unspecified atom stereocenters. The van der Waals surface area contributed by atoms with Gasteiger partial charge in [0.15, 0.2) is 17.4 Å². The summed E-state index contributed by atoms with van der Waals surface area (Å²) >= 11 is 0. The van der Waals surface area contributed by atoms with Gasteiger partial charge < -0.3 is 19.5 Å².